The summed E-state index contributed by atoms with van der Waals surface area (Å²) < 4.78 is 50.9. The molecule has 0 saturated carbocycles. The molecule has 94 valence electrons. The Morgan fingerprint density at radius 3 is 2.35 bits per heavy atom. The maximum absolute atomic E-state index is 13.0. The van der Waals surface area contributed by atoms with Gasteiger partial charge >= 0.3 is 10.2 Å². The van der Waals surface area contributed by atoms with Gasteiger partial charge in [0.15, 0.2) is 0 Å². The predicted molar refractivity (Wildman–Crippen MR) is 63.9 cm³/mol. The molecule has 0 bridgehead atoms. The lowest BCUT2D eigenvalue weighted by Crippen LogP contribution is -2.01. The number of hydrogen-bond acceptors (Lipinski definition) is 4. The second-order valence-corrected chi connectivity index (χ2v) is 7.74. The molecule has 1 aliphatic rings. The van der Waals surface area contributed by atoms with Crippen molar-refractivity contribution in [2.45, 2.75) is 17.7 Å². The maximum Gasteiger partial charge on any atom is 0.334 e. The van der Waals surface area contributed by atoms with Crippen LogP contribution in [0, 0.1) is 0 Å². The van der Waals surface area contributed by atoms with E-state index in [0.29, 0.717) is 11.5 Å². The van der Waals surface area contributed by atoms with Gasteiger partial charge in [0.2, 0.25) is 0 Å². The SMILES string of the molecule is O=S(=O)(F)c1ccccc1N=S1(=O)CCCC1. The molecule has 1 saturated heterocycles. The zero-order valence-corrected chi connectivity index (χ0v) is 10.6. The largest absolute Gasteiger partial charge is 0.334 e. The molecular formula is C10H12FNO3S2. The lowest BCUT2D eigenvalue weighted by atomic mass is 10.3. The van der Waals surface area contributed by atoms with Gasteiger partial charge < -0.3 is 0 Å². The van der Waals surface area contributed by atoms with Crippen molar-refractivity contribution in [3.8, 4) is 0 Å². The Morgan fingerprint density at radius 2 is 1.76 bits per heavy atom. The molecule has 0 amide bonds. The summed E-state index contributed by atoms with van der Waals surface area (Å²) in [6.45, 7) is 0. The monoisotopic (exact) mass is 277 g/mol. The van der Waals surface area contributed by atoms with Gasteiger partial charge in [-0.05, 0) is 25.0 Å². The Hall–Kier alpha value is -0.950. The quantitative estimate of drug-likeness (QED) is 0.779. The van der Waals surface area contributed by atoms with Crippen molar-refractivity contribution in [1.82, 2.24) is 0 Å². The maximum atomic E-state index is 13.0. The summed E-state index contributed by atoms with van der Waals surface area (Å²) in [6.07, 6.45) is 1.62. The van der Waals surface area contributed by atoms with Crippen molar-refractivity contribution in [2.75, 3.05) is 11.5 Å². The van der Waals surface area contributed by atoms with Crippen molar-refractivity contribution in [3.05, 3.63) is 24.3 Å². The van der Waals surface area contributed by atoms with E-state index in [0.717, 1.165) is 18.9 Å². The number of halogens is 1. The topological polar surface area (TPSA) is 63.6 Å². The summed E-state index contributed by atoms with van der Waals surface area (Å²) in [7, 11) is -7.22. The molecule has 0 spiro atoms. The Balaban J connectivity index is 2.58. The average molecular weight is 277 g/mol. The molecule has 0 N–H and O–H groups in total. The number of hydrogen-bond donors (Lipinski definition) is 0. The Morgan fingerprint density at radius 1 is 1.18 bits per heavy atom. The van der Waals surface area contributed by atoms with E-state index in [1.165, 1.54) is 12.1 Å². The number of nitrogens with zero attached hydrogens (tertiary/aromatic N) is 1. The first-order chi connectivity index (χ1) is 7.91. The van der Waals surface area contributed by atoms with Gasteiger partial charge in [0.25, 0.3) is 0 Å². The third-order valence-corrected chi connectivity index (χ3v) is 5.82. The van der Waals surface area contributed by atoms with Gasteiger partial charge in [0, 0.05) is 11.5 Å². The smallest absolute Gasteiger partial charge is 0.249 e. The molecule has 7 heteroatoms. The molecule has 4 nitrogen and oxygen atoms in total. The summed E-state index contributed by atoms with van der Waals surface area (Å²) >= 11 is 0. The molecule has 1 heterocycles. The summed E-state index contributed by atoms with van der Waals surface area (Å²) in [5.41, 5.74) is -0.0399. The van der Waals surface area contributed by atoms with Crippen LogP contribution < -0.4 is 0 Å². The van der Waals surface area contributed by atoms with Gasteiger partial charge in [-0.2, -0.15) is 12.8 Å². The molecule has 17 heavy (non-hydrogen) atoms. The van der Waals surface area contributed by atoms with E-state index in [1.807, 2.05) is 0 Å². The van der Waals surface area contributed by atoms with Crippen LogP contribution >= 0.6 is 0 Å². The van der Waals surface area contributed by atoms with E-state index in [2.05, 4.69) is 4.36 Å². The van der Waals surface area contributed by atoms with Crippen molar-refractivity contribution in [2.24, 2.45) is 4.36 Å². The third kappa shape index (κ3) is 2.84. The Bertz CT molecular complexity index is 633. The fourth-order valence-electron chi connectivity index (χ4n) is 1.77. The molecule has 1 aromatic rings. The van der Waals surface area contributed by atoms with Gasteiger partial charge in [-0.3, -0.25) is 0 Å². The fourth-order valence-corrected chi connectivity index (χ4v) is 4.64. The van der Waals surface area contributed by atoms with Crippen LogP contribution in [0.1, 0.15) is 12.8 Å². The van der Waals surface area contributed by atoms with E-state index in [-0.39, 0.29) is 5.69 Å². The van der Waals surface area contributed by atoms with Crippen LogP contribution in [0.2, 0.25) is 0 Å². The first-order valence-electron chi connectivity index (χ1n) is 5.17. The molecule has 0 atom stereocenters. The van der Waals surface area contributed by atoms with Gasteiger partial charge in [-0.15, -0.1) is 3.89 Å². The van der Waals surface area contributed by atoms with Crippen LogP contribution in [0.3, 0.4) is 0 Å². The van der Waals surface area contributed by atoms with Gasteiger partial charge in [-0.1, -0.05) is 12.1 Å². The van der Waals surface area contributed by atoms with Crippen LogP contribution in [0.15, 0.2) is 33.5 Å². The van der Waals surface area contributed by atoms with Crippen molar-refractivity contribution in [1.29, 1.82) is 0 Å². The molecular weight excluding hydrogens is 265 g/mol. The minimum Gasteiger partial charge on any atom is -0.249 e. The van der Waals surface area contributed by atoms with Crippen LogP contribution in [0.4, 0.5) is 9.57 Å². The predicted octanol–water partition coefficient (Wildman–Crippen LogP) is 2.24. The Kier molecular flexibility index (Phi) is 3.22. The van der Waals surface area contributed by atoms with Crippen LogP contribution in [0.5, 0.6) is 0 Å². The van der Waals surface area contributed by atoms with Crippen LogP contribution in [-0.2, 0) is 20.0 Å². The highest BCUT2D eigenvalue weighted by Gasteiger charge is 2.21. The lowest BCUT2D eigenvalue weighted by molar-refractivity contribution is 0.552. The van der Waals surface area contributed by atoms with E-state index < -0.39 is 24.8 Å². The first kappa shape index (κ1) is 12.5. The van der Waals surface area contributed by atoms with Crippen molar-refractivity contribution in [3.63, 3.8) is 0 Å². The molecule has 1 fully saturated rings. The zero-order chi connectivity index (χ0) is 12.5. The number of rotatable bonds is 2. The molecule has 0 unspecified atom stereocenters. The normalized spacial score (nSPS) is 19.1. The second kappa shape index (κ2) is 4.38. The van der Waals surface area contributed by atoms with E-state index in [9.17, 15) is 16.5 Å². The summed E-state index contributed by atoms with van der Waals surface area (Å²) in [5, 5.41) is 0. The molecule has 1 aliphatic heterocycles. The van der Waals surface area contributed by atoms with Crippen LogP contribution in [0.25, 0.3) is 0 Å². The van der Waals surface area contributed by atoms with Gasteiger partial charge in [0.05, 0.1) is 15.4 Å². The Labute approximate surface area is 100 Å². The first-order valence-corrected chi connectivity index (χ1v) is 8.41. The van der Waals surface area contributed by atoms with E-state index in [1.54, 1.807) is 6.07 Å². The lowest BCUT2D eigenvalue weighted by Gasteiger charge is -2.03. The molecule has 0 aliphatic carbocycles. The van der Waals surface area contributed by atoms with Gasteiger partial charge in [-0.25, -0.2) is 4.21 Å². The zero-order valence-electron chi connectivity index (χ0n) is 9.00. The van der Waals surface area contributed by atoms with E-state index >= 15 is 0 Å². The van der Waals surface area contributed by atoms with Crippen molar-refractivity contribution >= 4 is 25.6 Å². The average Bonchev–Trinajstić information content (AvgIpc) is 2.64. The number of benzene rings is 1. The molecule has 0 aromatic heterocycles. The standard InChI is InChI=1S/C10H12FNO3S2/c11-17(14,15)10-6-2-1-5-9(10)12-16(13)7-3-4-8-16/h1-2,5-6H,3-4,7-8H2. The molecule has 1 aromatic carbocycles. The second-order valence-electron chi connectivity index (χ2n) is 3.88. The highest BCUT2D eigenvalue weighted by Crippen LogP contribution is 2.28. The highest BCUT2D eigenvalue weighted by atomic mass is 32.3. The van der Waals surface area contributed by atoms with E-state index in [4.69, 9.17) is 0 Å². The molecule has 0 radical (unpaired) electrons. The van der Waals surface area contributed by atoms with Crippen LogP contribution in [-0.4, -0.2) is 24.1 Å². The molecule has 2 rings (SSSR count). The third-order valence-electron chi connectivity index (χ3n) is 2.57. The minimum absolute atomic E-state index is 0.0399. The fraction of sp³-hybridized carbons (Fsp3) is 0.400. The summed E-state index contributed by atoms with van der Waals surface area (Å²) in [6, 6.07) is 5.46. The van der Waals surface area contributed by atoms with Gasteiger partial charge in [0.1, 0.15) is 4.90 Å². The van der Waals surface area contributed by atoms with Crippen molar-refractivity contribution < 1.29 is 16.5 Å². The summed E-state index contributed by atoms with van der Waals surface area (Å²) in [5.74, 6) is 0.904. The highest BCUT2D eigenvalue weighted by molar-refractivity contribution is 7.94. The minimum atomic E-state index is -4.82. The summed E-state index contributed by atoms with van der Waals surface area (Å²) in [4.78, 5) is -0.505.